The number of benzene rings is 1. The Balaban J connectivity index is 0.000000195. The first-order chi connectivity index (χ1) is 60.9. The molecule has 0 unspecified atom stereocenters. The van der Waals surface area contributed by atoms with E-state index in [-0.39, 0.29) is 102 Å². The topological polar surface area (TPSA) is 508 Å². The van der Waals surface area contributed by atoms with Crippen molar-refractivity contribution in [2.24, 2.45) is 87.6 Å². The number of likely N-dealkylation sites (N-methyl/N-ethyl adjacent to an activating group) is 1. The molecule has 13 aliphatic rings. The molecule has 0 spiro atoms. The van der Waals surface area contributed by atoms with Gasteiger partial charge in [0.25, 0.3) is 17.6 Å². The Kier molecular flexibility index (Phi) is 34.7. The molecule has 3 aromatic rings. The Labute approximate surface area is 786 Å². The zero-order valence-electron chi connectivity index (χ0n) is 81.9. The van der Waals surface area contributed by atoms with E-state index in [1.807, 2.05) is 83.1 Å². The second-order valence-electron chi connectivity index (χ2n) is 44.8. The van der Waals surface area contributed by atoms with Gasteiger partial charge in [-0.05, 0) is 273 Å². The van der Waals surface area contributed by atoms with E-state index in [2.05, 4.69) is 114 Å². The van der Waals surface area contributed by atoms with Crippen LogP contribution in [-0.2, 0) is 43.8 Å². The molecule has 1 aromatic carbocycles. The average molecular weight is 1930 g/mol. The third-order valence-electron chi connectivity index (χ3n) is 28.1. The fourth-order valence-corrected chi connectivity index (χ4v) is 21.6. The van der Waals surface area contributed by atoms with Crippen LogP contribution in [0.4, 0.5) is 32.3 Å². The second kappa shape index (κ2) is 42.1. The normalized spacial score (nSPS) is 29.9. The summed E-state index contributed by atoms with van der Waals surface area (Å²) in [6, 6.07) is 1.10. The number of aromatic nitrogens is 1. The fourth-order valence-electron chi connectivity index (χ4n) is 18.9. The molecule has 12 aliphatic carbocycles. The summed E-state index contributed by atoms with van der Waals surface area (Å²) in [4.78, 5) is 123. The van der Waals surface area contributed by atoms with E-state index in [4.69, 9.17) is 54.0 Å². The van der Waals surface area contributed by atoms with E-state index < -0.39 is 138 Å². The van der Waals surface area contributed by atoms with Gasteiger partial charge in [-0.15, -0.1) is 0 Å². The third kappa shape index (κ3) is 27.5. The number of pyridine rings is 1. The lowest BCUT2D eigenvalue weighted by molar-refractivity contribution is 0.0423. The number of aliphatic hydroxyl groups is 1. The summed E-state index contributed by atoms with van der Waals surface area (Å²) in [7, 11) is 1.61. The van der Waals surface area contributed by atoms with Crippen molar-refractivity contribution >= 4 is 64.8 Å². The molecule has 3 heterocycles. The molecule has 2 aromatic heterocycles. The first-order valence-corrected chi connectivity index (χ1v) is 51.8. The number of amides is 6. The summed E-state index contributed by atoms with van der Waals surface area (Å²) in [5.74, 6) is -0.983. The number of aromatic hydroxyl groups is 1. The number of fused-ring (bicyclic) bond motifs is 10. The number of esters is 2. The number of nitrogens with zero attached hydrogens (tertiary/aromatic N) is 5. The maximum absolute atomic E-state index is 13.8. The highest BCUT2D eigenvalue weighted by molar-refractivity contribution is 6.74. The Morgan fingerprint density at radius 3 is 1.44 bits per heavy atom. The number of rotatable bonds is 15. The van der Waals surface area contributed by atoms with Crippen molar-refractivity contribution < 1.29 is 114 Å². The molecule has 6 amide bonds. The predicted molar refractivity (Wildman–Crippen MR) is 498 cm³/mol. The van der Waals surface area contributed by atoms with E-state index in [9.17, 15) is 71.3 Å². The van der Waals surface area contributed by atoms with E-state index in [0.717, 1.165) is 95.5 Å². The number of aliphatic hydroxyl groups excluding tert-OH is 1. The lowest BCUT2D eigenvalue weighted by Gasteiger charge is -2.40. The van der Waals surface area contributed by atoms with Crippen LogP contribution in [0.25, 0.3) is 10.4 Å². The number of hydrogen-bond donors (Lipinski definition) is 9. The number of nitrogens with one attached hydrogen (secondary N) is 5. The van der Waals surface area contributed by atoms with Crippen LogP contribution in [0.15, 0.2) is 43.7 Å². The third-order valence-corrected chi connectivity index (χ3v) is 37.0. The van der Waals surface area contributed by atoms with E-state index in [1.54, 1.807) is 7.05 Å². The van der Waals surface area contributed by atoms with Gasteiger partial charge < -0.3 is 110 Å². The zero-order valence-corrected chi connectivity index (χ0v) is 83.9. The number of carbonyl (C=O) groups is 8. The van der Waals surface area contributed by atoms with E-state index in [1.165, 1.54) is 48.5 Å². The molecule has 24 atom stereocenters. The molecule has 13 N–H and O–H groups in total. The Hall–Kier alpha value is -9.03. The maximum Gasteiger partial charge on any atom is 0.407 e. The molecule has 16 rings (SSSR count). The van der Waals surface area contributed by atoms with Gasteiger partial charge in [0.1, 0.15) is 57.2 Å². The van der Waals surface area contributed by atoms with Crippen LogP contribution in [0.3, 0.4) is 0 Å². The largest absolute Gasteiger partial charge is 0.503 e. The number of azide groups is 1. The van der Waals surface area contributed by atoms with Crippen molar-refractivity contribution in [2.45, 2.75) is 347 Å². The predicted octanol–water partition coefficient (Wildman–Crippen LogP) is 14.1. The zero-order chi connectivity index (χ0) is 98.6. The summed E-state index contributed by atoms with van der Waals surface area (Å²) in [5, 5.41) is 38.2. The van der Waals surface area contributed by atoms with Crippen LogP contribution < -0.4 is 53.6 Å². The number of alkyl carbamates (subject to hydrolysis) is 4. The van der Waals surface area contributed by atoms with Gasteiger partial charge in [-0.2, -0.15) is 0 Å². The van der Waals surface area contributed by atoms with Gasteiger partial charge in [0, 0.05) is 66.6 Å². The number of ether oxygens (including phenoxy) is 7. The van der Waals surface area contributed by atoms with Gasteiger partial charge in [-0.1, -0.05) is 54.1 Å². The molecule has 12 saturated carbocycles. The lowest BCUT2D eigenvalue weighted by atomic mass is 9.99. The number of hydrogen-bond acceptors (Lipinski definition) is 25. The molecule has 134 heavy (non-hydrogen) atoms. The van der Waals surface area contributed by atoms with Gasteiger partial charge in [-0.3, -0.25) is 19.2 Å². The second-order valence-corrected chi connectivity index (χ2v) is 54.3. The van der Waals surface area contributed by atoms with Crippen molar-refractivity contribution in [1.82, 2.24) is 36.1 Å². The molecule has 12 fully saturated rings. The van der Waals surface area contributed by atoms with Gasteiger partial charge in [0.15, 0.2) is 28.1 Å². The van der Waals surface area contributed by atoms with Crippen molar-refractivity contribution in [3.05, 3.63) is 101 Å². The van der Waals surface area contributed by atoms with Gasteiger partial charge in [0.05, 0.1) is 69.9 Å². The molecular formula is C94H149F3N12O23Si2. The summed E-state index contributed by atoms with van der Waals surface area (Å²) in [6.45, 7) is 44.5. The van der Waals surface area contributed by atoms with E-state index >= 15 is 0 Å². The molecule has 0 bridgehead atoms. The minimum Gasteiger partial charge on any atom is -0.503 e. The smallest absolute Gasteiger partial charge is 0.407 e. The first-order valence-electron chi connectivity index (χ1n) is 46.0. The van der Waals surface area contributed by atoms with Crippen LogP contribution in [0, 0.1) is 88.5 Å². The van der Waals surface area contributed by atoms with Crippen LogP contribution >= 0.6 is 0 Å². The average Bonchev–Trinajstić information content (AvgIpc) is 1.58. The minimum absolute atomic E-state index is 0. The Bertz CT molecular complexity index is 4850. The highest BCUT2D eigenvalue weighted by Gasteiger charge is 2.62. The first kappa shape index (κ1) is 110. The highest BCUT2D eigenvalue weighted by Crippen LogP contribution is 2.61. The lowest BCUT2D eigenvalue weighted by Crippen LogP contribution is -2.51. The molecule has 35 nitrogen and oxygen atoms in total. The SMILES string of the molecule is C.CC(C)(C)OC(=O)N[C@@H]1C[C@H]2C[C@H]2[C@@H]1N.CC(C)(C)OC(=O)N[C@@H]1C[C@H]2C[C@H]2[C@@H]1N=[N+]=[N-].CC(C)(C)OC(=O)N[C@@H]1C[C@H]2C[C@H]2[C@H]1O[Si](C)(C)C(C)(C)C.CC(C)(C)OC(=O)N[C@H]1C[C@H]2C[C@H]2[C@H]1O.CC(C)(C)[Si](C)(C)O[C@@H]1[C@@H]2C[C@@H]2C[C@H]1N.CN1C(=O)c2c(O)c(=O)c(C(=O)NCc3c(F)cc(F)cc3F)cn2[C@H]2[C@@H]3C[C@@H]3C[C@H]21.COC(=O)c1occ(C(=O)OC)c(=O)c1OC.O. The number of carbonyl (C=O) groups excluding carboxylic acids is 8. The number of halogens is 3. The monoisotopic (exact) mass is 1930 g/mol. The quantitative estimate of drug-likeness (QED) is 0.0170. The van der Waals surface area contributed by atoms with Crippen molar-refractivity contribution in [1.29, 1.82) is 0 Å². The van der Waals surface area contributed by atoms with Crippen molar-refractivity contribution in [3.8, 4) is 11.5 Å². The maximum atomic E-state index is 13.8. The Morgan fingerprint density at radius 2 is 0.978 bits per heavy atom. The Morgan fingerprint density at radius 1 is 0.560 bits per heavy atom. The van der Waals surface area contributed by atoms with Crippen LogP contribution in [0.1, 0.15) is 262 Å². The standard InChI is InChI=1S/C21H18F3N3O4.C17H33NO3Si.C12H25NOSi.C11H18N4O2.C11H20N2O2.C11H19NO3.C10H10O7.CH4.H2O/c1-26-15-3-8-2-10(8)16(15)27-7-12(18(28)19(29)17(27)21(26)31)20(30)25-6-11-13(23)4-9(22)5-14(11)24;1-16(2,3)20-15(19)18-13-10-11-9-12(11)14(13)21-22(7,8)17(4,5)6;1-12(2,3)15(4,5)14-11-9-6-8(9)7-10(11)13;1-11(2,3)17-10(16)13-8-5-6-4-7(6)9(8)14-15-12;1-11(2,3)15-10(14)13-8-5-6-4-7(6)9(8)12;1-11(2,3)15-10(14)12-8-5-6-4-7(6)9(8)13;1-14-7-6(11)5(9(12)15-2)4-17-8(7)10(13)16-3;;/h4-5,7-8,10,15-16,29H,2-3,6H2,1H3,(H,25,30);11-14H,9-10H2,1-8H3,(H,18,19);8-11H,6-7,13H2,1-5H3;6-9H,4-5H2,1-3H3,(H,13,16);6-9H,4-5,12H2,1-3H3,(H,13,14);6-9,13H,4-5H2,1-3H3,(H,12,14);4H,1-3H3;1H4;1H2/t8-,10-,15-,16+;11-,12-,13-,14-;8-,9-,10-,11-;2*6-,7-,8-,9+;6-,7-,8+,9-;;;/m111111.../s1. The summed E-state index contributed by atoms with van der Waals surface area (Å²) >= 11 is 0. The minimum atomic E-state index is -1.82. The van der Waals surface area contributed by atoms with Crippen LogP contribution in [-0.4, -0.2) is 207 Å². The summed E-state index contributed by atoms with van der Waals surface area (Å²) in [6.07, 6.45) is 13.6. The van der Waals surface area contributed by atoms with Gasteiger partial charge >= 0.3 is 36.3 Å². The fraction of sp³-hybridized carbons (Fsp3) is 0.745. The summed E-state index contributed by atoms with van der Waals surface area (Å²) < 4.78 is 94.5. The highest BCUT2D eigenvalue weighted by atomic mass is 28.4. The number of methoxy groups -OCH3 is 3. The molecule has 1 aliphatic heterocycles. The molecule has 0 radical (unpaired) electrons. The molecule has 0 saturated heterocycles. The molecule has 40 heteroatoms. The van der Waals surface area contributed by atoms with Gasteiger partial charge in [-0.25, -0.2) is 41.9 Å². The summed E-state index contributed by atoms with van der Waals surface area (Å²) in [5.41, 5.74) is 15.4. The van der Waals surface area contributed by atoms with Crippen molar-refractivity contribution in [3.63, 3.8) is 0 Å². The van der Waals surface area contributed by atoms with E-state index in [0.29, 0.717) is 76.7 Å². The molecular weight excluding hydrogens is 1780 g/mol. The number of nitrogens with two attached hydrogens (primary N) is 2. The molecule has 752 valence electrons. The van der Waals surface area contributed by atoms with Crippen molar-refractivity contribution in [2.75, 3.05) is 28.4 Å². The van der Waals surface area contributed by atoms with Crippen LogP contribution in [0.2, 0.25) is 36.3 Å². The van der Waals surface area contributed by atoms with Crippen LogP contribution in [0.5, 0.6) is 11.5 Å². The van der Waals surface area contributed by atoms with Gasteiger partial charge in [0.2, 0.25) is 16.6 Å².